The van der Waals surface area contributed by atoms with Crippen LogP contribution in [0, 0.1) is 0 Å². The second kappa shape index (κ2) is 13.3. The highest BCUT2D eigenvalue weighted by Gasteiger charge is 2.31. The number of hydrogen-bond donors (Lipinski definition) is 4. The van der Waals surface area contributed by atoms with E-state index in [1.807, 2.05) is 97.1 Å². The van der Waals surface area contributed by atoms with Crippen molar-refractivity contribution < 1.29 is 14.4 Å². The van der Waals surface area contributed by atoms with Crippen LogP contribution in [0.1, 0.15) is 39.3 Å². The summed E-state index contributed by atoms with van der Waals surface area (Å²) in [5.41, 5.74) is 2.90. The zero-order valence-corrected chi connectivity index (χ0v) is 28.6. The molecule has 1 aliphatic rings. The summed E-state index contributed by atoms with van der Waals surface area (Å²) in [5.74, 6) is 1.93. The van der Waals surface area contributed by atoms with E-state index in [4.69, 9.17) is 9.84 Å². The van der Waals surface area contributed by atoms with Gasteiger partial charge < -0.3 is 20.3 Å². The predicted molar refractivity (Wildman–Crippen MR) is 198 cm³/mol. The van der Waals surface area contributed by atoms with Crippen LogP contribution < -0.4 is 26.0 Å². The fraction of sp³-hybridized carbons (Fsp3) is 0.211. The molecule has 0 bridgehead atoms. The van der Waals surface area contributed by atoms with Crippen LogP contribution in [0.2, 0.25) is 0 Å². The molecule has 49 heavy (non-hydrogen) atoms. The van der Waals surface area contributed by atoms with Crippen LogP contribution in [-0.2, 0) is 5.41 Å². The SMILES string of the molecule is CC(C)(C)c1cc(NC(=O)Nc2ccc(Oc3ccnc(Nc4ccccc4)n3)c3ccccc23)n(-c2ccc([P]3(O)CCCC3)cc2)n1. The number of fused-ring (bicyclic) bond motifs is 1. The van der Waals surface area contributed by atoms with Gasteiger partial charge in [0.05, 0.1) is 17.1 Å². The summed E-state index contributed by atoms with van der Waals surface area (Å²) in [6, 6.07) is 32.2. The van der Waals surface area contributed by atoms with Crippen molar-refractivity contribution in [3.8, 4) is 17.3 Å². The summed E-state index contributed by atoms with van der Waals surface area (Å²) in [6.07, 6.45) is 5.55. The van der Waals surface area contributed by atoms with E-state index in [0.29, 0.717) is 29.1 Å². The highest BCUT2D eigenvalue weighted by atomic mass is 31.2. The van der Waals surface area contributed by atoms with Crippen LogP contribution in [0.25, 0.3) is 16.5 Å². The molecule has 0 aliphatic carbocycles. The highest BCUT2D eigenvalue weighted by Crippen LogP contribution is 2.58. The number of nitrogens with zero attached hydrogens (tertiary/aromatic N) is 4. The van der Waals surface area contributed by atoms with E-state index in [0.717, 1.165) is 58.3 Å². The monoisotopic (exact) mass is 672 g/mol. The average molecular weight is 673 g/mol. The molecule has 11 heteroatoms. The molecule has 249 valence electrons. The number of benzene rings is 4. The van der Waals surface area contributed by atoms with Gasteiger partial charge in [-0.3, -0.25) is 5.32 Å². The van der Waals surface area contributed by atoms with Crippen LogP contribution in [0.4, 0.5) is 27.9 Å². The third kappa shape index (κ3) is 7.11. The zero-order chi connectivity index (χ0) is 34.0. The Labute approximate surface area is 286 Å². The first-order valence-electron chi connectivity index (χ1n) is 16.4. The van der Waals surface area contributed by atoms with Crippen LogP contribution in [0.3, 0.4) is 0 Å². The quantitative estimate of drug-likeness (QED) is 0.119. The summed E-state index contributed by atoms with van der Waals surface area (Å²) in [4.78, 5) is 33.6. The Balaban J connectivity index is 1.11. The zero-order valence-electron chi connectivity index (χ0n) is 27.7. The van der Waals surface area contributed by atoms with Crippen molar-refractivity contribution in [3.05, 3.63) is 115 Å². The van der Waals surface area contributed by atoms with Gasteiger partial charge in [-0.15, -0.1) is 0 Å². The van der Waals surface area contributed by atoms with Crippen molar-refractivity contribution in [3.63, 3.8) is 0 Å². The third-order valence-electron chi connectivity index (χ3n) is 8.61. The molecule has 10 nitrogen and oxygen atoms in total. The number of carbonyl (C=O) groups excluding carboxylic acids is 1. The Morgan fingerprint density at radius 2 is 1.57 bits per heavy atom. The molecule has 4 N–H and O–H groups in total. The first-order chi connectivity index (χ1) is 23.6. The number of urea groups is 1. The van der Waals surface area contributed by atoms with Crippen LogP contribution in [-0.4, -0.2) is 43.0 Å². The summed E-state index contributed by atoms with van der Waals surface area (Å²) < 4.78 is 7.98. The average Bonchev–Trinajstić information content (AvgIpc) is 3.74. The molecule has 1 saturated heterocycles. The van der Waals surface area contributed by atoms with Gasteiger partial charge in [-0.2, -0.15) is 10.1 Å². The van der Waals surface area contributed by atoms with Gasteiger partial charge in [-0.25, -0.2) is 14.5 Å². The number of carbonyl (C=O) groups is 1. The Morgan fingerprint density at radius 3 is 2.31 bits per heavy atom. The molecule has 2 aromatic heterocycles. The number of hydrogen-bond acceptors (Lipinski definition) is 7. The van der Waals surface area contributed by atoms with Gasteiger partial charge in [0.1, 0.15) is 11.6 Å². The van der Waals surface area contributed by atoms with E-state index in [9.17, 15) is 9.69 Å². The van der Waals surface area contributed by atoms with Crippen molar-refractivity contribution in [2.45, 2.75) is 39.0 Å². The van der Waals surface area contributed by atoms with Crippen LogP contribution >= 0.6 is 7.49 Å². The molecule has 4 aromatic carbocycles. The molecule has 1 radical (unpaired) electrons. The van der Waals surface area contributed by atoms with E-state index in [2.05, 4.69) is 46.7 Å². The van der Waals surface area contributed by atoms with Crippen LogP contribution in [0.15, 0.2) is 109 Å². The third-order valence-corrected chi connectivity index (χ3v) is 12.0. The van der Waals surface area contributed by atoms with Gasteiger partial charge in [0, 0.05) is 47.7 Å². The molecule has 0 spiro atoms. The molecule has 0 unspecified atom stereocenters. The molecule has 0 atom stereocenters. The van der Waals surface area contributed by atoms with Gasteiger partial charge in [-0.05, 0) is 66.9 Å². The Kier molecular flexibility index (Phi) is 8.75. The van der Waals surface area contributed by atoms with Crippen molar-refractivity contribution in [1.82, 2.24) is 19.7 Å². The van der Waals surface area contributed by atoms with Gasteiger partial charge in [-0.1, -0.05) is 75.4 Å². The molecule has 1 aliphatic heterocycles. The van der Waals surface area contributed by atoms with Crippen molar-refractivity contribution in [2.75, 3.05) is 28.3 Å². The molecule has 6 aromatic rings. The summed E-state index contributed by atoms with van der Waals surface area (Å²) in [7, 11) is -2.07. The molecule has 0 saturated carbocycles. The highest BCUT2D eigenvalue weighted by molar-refractivity contribution is 7.78. The molecular formula is C38H39N7O3P. The molecule has 7 rings (SSSR count). The topological polar surface area (TPSA) is 126 Å². The number of para-hydroxylation sites is 1. The maximum Gasteiger partial charge on any atom is 0.324 e. The van der Waals surface area contributed by atoms with Gasteiger partial charge >= 0.3 is 6.03 Å². The van der Waals surface area contributed by atoms with Crippen molar-refractivity contribution in [2.24, 2.45) is 0 Å². The lowest BCUT2D eigenvalue weighted by Gasteiger charge is -2.25. The van der Waals surface area contributed by atoms with Crippen molar-refractivity contribution >= 4 is 52.7 Å². The lowest BCUT2D eigenvalue weighted by molar-refractivity contribution is 0.262. The number of anilines is 4. The summed E-state index contributed by atoms with van der Waals surface area (Å²) in [5, 5.41) is 16.7. The number of ether oxygens (including phenoxy) is 1. The van der Waals surface area contributed by atoms with Crippen LogP contribution in [0.5, 0.6) is 11.6 Å². The Morgan fingerprint density at radius 1 is 0.857 bits per heavy atom. The maximum absolute atomic E-state index is 13.6. The van der Waals surface area contributed by atoms with E-state index < -0.39 is 13.5 Å². The fourth-order valence-electron chi connectivity index (χ4n) is 5.98. The normalized spacial score (nSPS) is 14.0. The first kappa shape index (κ1) is 32.2. The Bertz CT molecular complexity index is 2100. The minimum Gasteiger partial charge on any atom is -0.438 e. The fourth-order valence-corrected chi connectivity index (χ4v) is 8.92. The predicted octanol–water partition coefficient (Wildman–Crippen LogP) is 8.64. The second-order valence-electron chi connectivity index (χ2n) is 13.2. The van der Waals surface area contributed by atoms with Crippen molar-refractivity contribution in [1.29, 1.82) is 0 Å². The van der Waals surface area contributed by atoms with Gasteiger partial charge in [0.25, 0.3) is 0 Å². The van der Waals surface area contributed by atoms with E-state index in [1.54, 1.807) is 16.9 Å². The van der Waals surface area contributed by atoms with Gasteiger partial charge in [0.15, 0.2) is 0 Å². The summed E-state index contributed by atoms with van der Waals surface area (Å²) >= 11 is 0. The lowest BCUT2D eigenvalue weighted by Crippen LogP contribution is -2.21. The van der Waals surface area contributed by atoms with E-state index in [1.165, 1.54) is 0 Å². The number of aromatic nitrogens is 4. The van der Waals surface area contributed by atoms with E-state index in [-0.39, 0.29) is 5.41 Å². The molecule has 1 fully saturated rings. The van der Waals surface area contributed by atoms with Gasteiger partial charge in [0.2, 0.25) is 11.8 Å². The second-order valence-corrected chi connectivity index (χ2v) is 16.5. The standard InChI is InChI=1S/C38H39N7O3P/c1-38(2,3)33-25-34(45(44-33)27-15-17-28(18-16-27)49(47)23-9-10-24-49)42-37(46)41-31-19-20-32(30-14-8-7-13-29(30)31)48-35-21-22-39-36(43-35)40-26-11-5-4-6-12-26/h4-8,11-22,25,47H,9-10,23-24H2,1-3H3,(H,39,40,43)(H2,41,42,46). The minimum absolute atomic E-state index is 0.239. The largest absolute Gasteiger partial charge is 0.438 e. The number of nitrogens with one attached hydrogen (secondary N) is 3. The maximum atomic E-state index is 13.6. The molecule has 2 amide bonds. The minimum atomic E-state index is -2.07. The number of rotatable bonds is 8. The Hall–Kier alpha value is -5.31. The molecular weight excluding hydrogens is 633 g/mol. The first-order valence-corrected chi connectivity index (χ1v) is 18.5. The lowest BCUT2D eigenvalue weighted by atomic mass is 9.92. The molecule has 3 heterocycles. The number of amides is 2. The van der Waals surface area contributed by atoms with E-state index >= 15 is 0 Å². The summed E-state index contributed by atoms with van der Waals surface area (Å²) in [6.45, 7) is 6.26. The smallest absolute Gasteiger partial charge is 0.324 e.